The molecule has 59 valence electrons. The molecule has 1 aliphatic heterocycles. The van der Waals surface area contributed by atoms with E-state index in [-0.39, 0.29) is 18.4 Å². The third kappa shape index (κ3) is 0.964. The number of imide groups is 1. The van der Waals surface area contributed by atoms with Crippen LogP contribution in [0, 0.1) is 6.92 Å². The molecule has 1 heterocycles. The lowest BCUT2D eigenvalue weighted by atomic mass is 10.2. The monoisotopic (exact) mass is 152 g/mol. The van der Waals surface area contributed by atoms with Gasteiger partial charge in [0.25, 0.3) is 11.8 Å². The molecule has 0 aromatic heterocycles. The number of carbonyl (C=O) groups excluding carboxylic acids is 2. The predicted octanol–water partition coefficient (Wildman–Crippen LogP) is 0.526. The molecule has 0 unspecified atom stereocenters. The highest BCUT2D eigenvalue weighted by molar-refractivity contribution is 6.18. The number of hydrogen-bond acceptors (Lipinski definition) is 2. The SMILES string of the molecule is [CH2]CN1C(=O)C(C)=C(C)C1=O. The first-order valence-corrected chi connectivity index (χ1v) is 3.42. The third-order valence-corrected chi connectivity index (χ3v) is 1.92. The summed E-state index contributed by atoms with van der Waals surface area (Å²) >= 11 is 0. The standard InChI is InChI=1S/C8H10NO2/c1-4-9-7(10)5(2)6(3)8(9)11/h1,4H2,2-3H3. The van der Waals surface area contributed by atoms with Gasteiger partial charge in [-0.15, -0.1) is 0 Å². The van der Waals surface area contributed by atoms with Crippen LogP contribution in [-0.4, -0.2) is 23.3 Å². The van der Waals surface area contributed by atoms with Crippen molar-refractivity contribution in [1.82, 2.24) is 4.90 Å². The van der Waals surface area contributed by atoms with E-state index in [1.807, 2.05) is 0 Å². The van der Waals surface area contributed by atoms with Crippen molar-refractivity contribution in [3.63, 3.8) is 0 Å². The zero-order valence-corrected chi connectivity index (χ0v) is 6.68. The Morgan fingerprint density at radius 2 is 1.55 bits per heavy atom. The van der Waals surface area contributed by atoms with Gasteiger partial charge in [-0.1, -0.05) is 0 Å². The molecule has 0 saturated heterocycles. The molecule has 0 bridgehead atoms. The van der Waals surface area contributed by atoms with Gasteiger partial charge in [0, 0.05) is 17.7 Å². The van der Waals surface area contributed by atoms with Gasteiger partial charge in [-0.05, 0) is 20.8 Å². The number of rotatable bonds is 1. The van der Waals surface area contributed by atoms with Crippen LogP contribution in [0.15, 0.2) is 11.1 Å². The zero-order valence-electron chi connectivity index (χ0n) is 6.68. The quantitative estimate of drug-likeness (QED) is 0.514. The average molecular weight is 152 g/mol. The summed E-state index contributed by atoms with van der Waals surface area (Å²) in [6.07, 6.45) is 0. The van der Waals surface area contributed by atoms with Gasteiger partial charge in [0.2, 0.25) is 0 Å². The van der Waals surface area contributed by atoms with Crippen LogP contribution in [0.1, 0.15) is 13.8 Å². The van der Waals surface area contributed by atoms with E-state index in [2.05, 4.69) is 6.92 Å². The van der Waals surface area contributed by atoms with E-state index in [1.165, 1.54) is 0 Å². The van der Waals surface area contributed by atoms with Crippen LogP contribution >= 0.6 is 0 Å². The summed E-state index contributed by atoms with van der Waals surface area (Å²) in [5.74, 6) is -0.412. The number of hydrogen-bond donors (Lipinski definition) is 0. The number of amides is 2. The summed E-state index contributed by atoms with van der Waals surface area (Å²) in [5, 5.41) is 0. The first-order valence-electron chi connectivity index (χ1n) is 3.42. The molecule has 0 aromatic rings. The molecule has 0 saturated carbocycles. The second-order valence-corrected chi connectivity index (χ2v) is 2.51. The minimum atomic E-state index is -0.206. The zero-order chi connectivity index (χ0) is 8.59. The Balaban J connectivity index is 3.02. The van der Waals surface area contributed by atoms with E-state index >= 15 is 0 Å². The van der Waals surface area contributed by atoms with Gasteiger partial charge in [-0.25, -0.2) is 0 Å². The molecule has 0 fully saturated rings. The van der Waals surface area contributed by atoms with E-state index in [9.17, 15) is 9.59 Å². The Labute approximate surface area is 65.7 Å². The predicted molar refractivity (Wildman–Crippen MR) is 40.5 cm³/mol. The van der Waals surface area contributed by atoms with Crippen molar-refractivity contribution in [2.24, 2.45) is 0 Å². The van der Waals surface area contributed by atoms with Gasteiger partial charge < -0.3 is 0 Å². The summed E-state index contributed by atoms with van der Waals surface area (Å²) in [4.78, 5) is 23.5. The van der Waals surface area contributed by atoms with Crippen LogP contribution in [0.2, 0.25) is 0 Å². The van der Waals surface area contributed by atoms with Crippen molar-refractivity contribution in [3.05, 3.63) is 18.1 Å². The second-order valence-electron chi connectivity index (χ2n) is 2.51. The molecule has 3 nitrogen and oxygen atoms in total. The number of nitrogens with zero attached hydrogens (tertiary/aromatic N) is 1. The molecule has 3 heteroatoms. The van der Waals surface area contributed by atoms with E-state index < -0.39 is 0 Å². The van der Waals surface area contributed by atoms with Crippen LogP contribution in [0.5, 0.6) is 0 Å². The minimum Gasteiger partial charge on any atom is -0.275 e. The Kier molecular flexibility index (Phi) is 1.81. The fourth-order valence-electron chi connectivity index (χ4n) is 1.02. The lowest BCUT2D eigenvalue weighted by Crippen LogP contribution is -2.31. The van der Waals surface area contributed by atoms with Gasteiger partial charge in [-0.2, -0.15) is 0 Å². The topological polar surface area (TPSA) is 37.4 Å². The maximum Gasteiger partial charge on any atom is 0.256 e. The molecule has 1 rings (SSSR count). The van der Waals surface area contributed by atoms with Crippen LogP contribution in [0.25, 0.3) is 0 Å². The highest BCUT2D eigenvalue weighted by atomic mass is 16.2. The second kappa shape index (κ2) is 2.49. The summed E-state index contributed by atoms with van der Waals surface area (Å²) in [6, 6.07) is 0. The van der Waals surface area contributed by atoms with Gasteiger partial charge >= 0.3 is 0 Å². The average Bonchev–Trinajstić information content (AvgIpc) is 2.17. The van der Waals surface area contributed by atoms with Crippen molar-refractivity contribution in [2.75, 3.05) is 6.54 Å². The van der Waals surface area contributed by atoms with Gasteiger partial charge in [0.15, 0.2) is 0 Å². The summed E-state index contributed by atoms with van der Waals surface area (Å²) in [6.45, 7) is 7.03. The van der Waals surface area contributed by atoms with Gasteiger partial charge in [-0.3, -0.25) is 14.5 Å². The largest absolute Gasteiger partial charge is 0.275 e. The molecule has 0 aromatic carbocycles. The third-order valence-electron chi connectivity index (χ3n) is 1.92. The molecular weight excluding hydrogens is 142 g/mol. The normalized spacial score (nSPS) is 18.6. The van der Waals surface area contributed by atoms with Gasteiger partial charge in [0.05, 0.1) is 0 Å². The molecule has 0 atom stereocenters. The Bertz CT molecular complexity index is 229. The van der Waals surface area contributed by atoms with Crippen molar-refractivity contribution in [2.45, 2.75) is 13.8 Å². The maximum atomic E-state index is 11.2. The van der Waals surface area contributed by atoms with Crippen LogP contribution in [-0.2, 0) is 9.59 Å². The first kappa shape index (κ1) is 7.98. The summed E-state index contributed by atoms with van der Waals surface area (Å²) < 4.78 is 0. The van der Waals surface area contributed by atoms with E-state index in [4.69, 9.17) is 0 Å². The van der Waals surface area contributed by atoms with E-state index in [0.29, 0.717) is 11.1 Å². The van der Waals surface area contributed by atoms with Crippen molar-refractivity contribution in [3.8, 4) is 0 Å². The van der Waals surface area contributed by atoms with Gasteiger partial charge in [0.1, 0.15) is 0 Å². The Morgan fingerprint density at radius 3 is 1.73 bits per heavy atom. The molecule has 0 aliphatic carbocycles. The lowest BCUT2D eigenvalue weighted by molar-refractivity contribution is -0.136. The highest BCUT2D eigenvalue weighted by Crippen LogP contribution is 2.18. The maximum absolute atomic E-state index is 11.2. The highest BCUT2D eigenvalue weighted by Gasteiger charge is 2.31. The summed E-state index contributed by atoms with van der Waals surface area (Å²) in [5.41, 5.74) is 1.08. The van der Waals surface area contributed by atoms with Crippen LogP contribution in [0.3, 0.4) is 0 Å². The first-order chi connectivity index (χ1) is 5.09. The minimum absolute atomic E-state index is 0.206. The molecule has 1 radical (unpaired) electrons. The van der Waals surface area contributed by atoms with E-state index in [1.54, 1.807) is 13.8 Å². The number of carbonyl (C=O) groups is 2. The van der Waals surface area contributed by atoms with Crippen molar-refractivity contribution in [1.29, 1.82) is 0 Å². The molecule has 0 spiro atoms. The molecule has 2 amide bonds. The molecule has 11 heavy (non-hydrogen) atoms. The van der Waals surface area contributed by atoms with Crippen LogP contribution < -0.4 is 0 Å². The fourth-order valence-corrected chi connectivity index (χ4v) is 1.02. The summed E-state index contributed by atoms with van der Waals surface area (Å²) in [7, 11) is 0. The smallest absolute Gasteiger partial charge is 0.256 e. The molecule has 1 aliphatic rings. The van der Waals surface area contributed by atoms with Crippen molar-refractivity contribution < 1.29 is 9.59 Å². The van der Waals surface area contributed by atoms with E-state index in [0.717, 1.165) is 4.90 Å². The Hall–Kier alpha value is -1.12. The fraction of sp³-hybridized carbons (Fsp3) is 0.375. The molecular formula is C8H10NO2. The van der Waals surface area contributed by atoms with Crippen LogP contribution in [0.4, 0.5) is 0 Å². The van der Waals surface area contributed by atoms with Crippen molar-refractivity contribution >= 4 is 11.8 Å². The Morgan fingerprint density at radius 1 is 1.18 bits per heavy atom. The molecule has 0 N–H and O–H groups in total. The lowest BCUT2D eigenvalue weighted by Gasteiger charge is -2.09.